The number of rotatable bonds is 2. The van der Waals surface area contributed by atoms with E-state index in [1.165, 1.54) is 11.3 Å². The second-order valence-electron chi connectivity index (χ2n) is 3.73. The molecule has 0 aromatic carbocycles. The Labute approximate surface area is 107 Å². The molecule has 3 aromatic rings. The van der Waals surface area contributed by atoms with Crippen LogP contribution in [0.5, 0.6) is 5.75 Å². The van der Waals surface area contributed by atoms with Gasteiger partial charge in [0.2, 0.25) is 5.82 Å². The number of hydrogen-bond donors (Lipinski definition) is 1. The molecule has 0 aliphatic rings. The third kappa shape index (κ3) is 1.76. The minimum absolute atomic E-state index is 0.146. The zero-order valence-corrected chi connectivity index (χ0v) is 10.3. The number of pyridine rings is 1. The lowest BCUT2D eigenvalue weighted by atomic mass is 10.2. The van der Waals surface area contributed by atoms with Crippen LogP contribution < -0.4 is 0 Å². The van der Waals surface area contributed by atoms with E-state index in [0.717, 1.165) is 5.56 Å². The highest BCUT2D eigenvalue weighted by molar-refractivity contribution is 7.13. The predicted molar refractivity (Wildman–Crippen MR) is 67.2 cm³/mol. The number of aromatic nitrogens is 3. The number of thiophene rings is 1. The Morgan fingerprint density at radius 2 is 2.22 bits per heavy atom. The quantitative estimate of drug-likeness (QED) is 0.766. The normalized spacial score (nSPS) is 10.7. The van der Waals surface area contributed by atoms with Crippen molar-refractivity contribution >= 4 is 11.3 Å². The fourth-order valence-electron chi connectivity index (χ4n) is 1.59. The maximum Gasteiger partial charge on any atom is 0.272 e. The highest BCUT2D eigenvalue weighted by Gasteiger charge is 2.16. The Morgan fingerprint density at radius 3 is 2.94 bits per heavy atom. The molecule has 0 amide bonds. The first-order valence-electron chi connectivity index (χ1n) is 5.28. The molecule has 0 spiro atoms. The van der Waals surface area contributed by atoms with Crippen LogP contribution in [-0.4, -0.2) is 20.2 Å². The SMILES string of the molecule is Cc1cccnc1-c1noc(-c2sccc2O)n1. The summed E-state index contributed by atoms with van der Waals surface area (Å²) in [6.07, 6.45) is 1.68. The maximum absolute atomic E-state index is 9.61. The van der Waals surface area contributed by atoms with Crippen molar-refractivity contribution in [3.63, 3.8) is 0 Å². The number of aromatic hydroxyl groups is 1. The van der Waals surface area contributed by atoms with Crippen LogP contribution in [0.3, 0.4) is 0 Å². The third-order valence-electron chi connectivity index (χ3n) is 2.49. The van der Waals surface area contributed by atoms with Gasteiger partial charge >= 0.3 is 0 Å². The Morgan fingerprint density at radius 1 is 1.33 bits per heavy atom. The second kappa shape index (κ2) is 4.23. The lowest BCUT2D eigenvalue weighted by molar-refractivity contribution is 0.427. The van der Waals surface area contributed by atoms with Gasteiger partial charge in [-0.25, -0.2) is 0 Å². The van der Waals surface area contributed by atoms with Gasteiger partial charge in [-0.1, -0.05) is 11.2 Å². The van der Waals surface area contributed by atoms with E-state index in [9.17, 15) is 5.11 Å². The standard InChI is InChI=1S/C12H9N3O2S/c1-7-3-2-5-13-9(7)11-14-12(17-15-11)10-8(16)4-6-18-10/h2-6,16H,1H3. The van der Waals surface area contributed by atoms with Crippen LogP contribution in [-0.2, 0) is 0 Å². The highest BCUT2D eigenvalue weighted by Crippen LogP contribution is 2.34. The topological polar surface area (TPSA) is 72.0 Å². The number of nitrogens with zero attached hydrogens (tertiary/aromatic N) is 3. The van der Waals surface area contributed by atoms with Gasteiger partial charge in [-0.2, -0.15) is 4.98 Å². The molecular formula is C12H9N3O2S. The zero-order chi connectivity index (χ0) is 12.5. The van der Waals surface area contributed by atoms with E-state index in [0.29, 0.717) is 22.3 Å². The van der Waals surface area contributed by atoms with Crippen LogP contribution in [0.2, 0.25) is 0 Å². The van der Waals surface area contributed by atoms with Crippen molar-refractivity contribution < 1.29 is 9.63 Å². The average molecular weight is 259 g/mol. The Balaban J connectivity index is 2.05. The van der Waals surface area contributed by atoms with E-state index in [1.54, 1.807) is 17.6 Å². The van der Waals surface area contributed by atoms with Gasteiger partial charge in [0.15, 0.2) is 0 Å². The Bertz CT molecular complexity index is 690. The van der Waals surface area contributed by atoms with Crippen molar-refractivity contribution in [1.29, 1.82) is 0 Å². The van der Waals surface area contributed by atoms with E-state index < -0.39 is 0 Å². The number of aryl methyl sites for hydroxylation is 1. The van der Waals surface area contributed by atoms with Crippen LogP contribution in [0.1, 0.15) is 5.56 Å². The molecule has 0 saturated heterocycles. The third-order valence-corrected chi connectivity index (χ3v) is 3.38. The van der Waals surface area contributed by atoms with Crippen molar-refractivity contribution in [2.75, 3.05) is 0 Å². The maximum atomic E-state index is 9.61. The molecular weight excluding hydrogens is 250 g/mol. The van der Waals surface area contributed by atoms with Crippen LogP contribution in [0, 0.1) is 6.92 Å². The summed E-state index contributed by atoms with van der Waals surface area (Å²) in [7, 11) is 0. The van der Waals surface area contributed by atoms with E-state index >= 15 is 0 Å². The Hall–Kier alpha value is -2.21. The molecule has 0 saturated carbocycles. The van der Waals surface area contributed by atoms with Crippen molar-refractivity contribution in [2.45, 2.75) is 6.92 Å². The van der Waals surface area contributed by atoms with Gasteiger partial charge < -0.3 is 9.63 Å². The van der Waals surface area contributed by atoms with Gasteiger partial charge in [0.25, 0.3) is 5.89 Å². The summed E-state index contributed by atoms with van der Waals surface area (Å²) in [6, 6.07) is 5.38. The Kier molecular flexibility index (Phi) is 2.56. The lowest BCUT2D eigenvalue weighted by Crippen LogP contribution is -1.88. The van der Waals surface area contributed by atoms with Crippen LogP contribution >= 0.6 is 11.3 Å². The zero-order valence-electron chi connectivity index (χ0n) is 9.49. The fraction of sp³-hybridized carbons (Fsp3) is 0.0833. The van der Waals surface area contributed by atoms with Gasteiger partial charge in [0, 0.05) is 6.20 Å². The smallest absolute Gasteiger partial charge is 0.272 e. The largest absolute Gasteiger partial charge is 0.506 e. The summed E-state index contributed by atoms with van der Waals surface area (Å²) < 4.78 is 5.15. The molecule has 0 unspecified atom stereocenters. The van der Waals surface area contributed by atoms with Gasteiger partial charge in [0.1, 0.15) is 16.3 Å². The average Bonchev–Trinajstić information content (AvgIpc) is 2.98. The van der Waals surface area contributed by atoms with Gasteiger partial charge in [0.05, 0.1) is 0 Å². The summed E-state index contributed by atoms with van der Waals surface area (Å²) in [5, 5.41) is 15.3. The summed E-state index contributed by atoms with van der Waals surface area (Å²) in [6.45, 7) is 1.93. The molecule has 6 heteroatoms. The molecule has 18 heavy (non-hydrogen) atoms. The van der Waals surface area contributed by atoms with Gasteiger partial charge in [-0.15, -0.1) is 11.3 Å². The minimum atomic E-state index is 0.146. The van der Waals surface area contributed by atoms with E-state index in [-0.39, 0.29) is 5.75 Å². The molecule has 0 radical (unpaired) electrons. The van der Waals surface area contributed by atoms with Crippen molar-refractivity contribution in [2.24, 2.45) is 0 Å². The first-order valence-corrected chi connectivity index (χ1v) is 6.16. The van der Waals surface area contributed by atoms with Crippen molar-refractivity contribution in [3.8, 4) is 28.0 Å². The summed E-state index contributed by atoms with van der Waals surface area (Å²) in [5.41, 5.74) is 1.66. The fourth-order valence-corrected chi connectivity index (χ4v) is 2.30. The summed E-state index contributed by atoms with van der Waals surface area (Å²) >= 11 is 1.35. The summed E-state index contributed by atoms with van der Waals surface area (Å²) in [5.74, 6) is 0.881. The molecule has 3 aromatic heterocycles. The number of hydrogen-bond acceptors (Lipinski definition) is 6. The monoisotopic (exact) mass is 259 g/mol. The molecule has 0 bridgehead atoms. The van der Waals surface area contributed by atoms with E-state index in [1.807, 2.05) is 19.1 Å². The molecule has 0 aliphatic carbocycles. The predicted octanol–water partition coefficient (Wildman–Crippen LogP) is 2.87. The van der Waals surface area contributed by atoms with Gasteiger partial charge in [-0.05, 0) is 30.0 Å². The second-order valence-corrected chi connectivity index (χ2v) is 4.64. The van der Waals surface area contributed by atoms with E-state index in [2.05, 4.69) is 15.1 Å². The van der Waals surface area contributed by atoms with Crippen molar-refractivity contribution in [3.05, 3.63) is 35.3 Å². The molecule has 3 rings (SSSR count). The van der Waals surface area contributed by atoms with Crippen LogP contribution in [0.4, 0.5) is 0 Å². The first-order chi connectivity index (χ1) is 8.75. The van der Waals surface area contributed by atoms with Crippen LogP contribution in [0.25, 0.3) is 22.3 Å². The molecule has 1 N–H and O–H groups in total. The highest BCUT2D eigenvalue weighted by atomic mass is 32.1. The van der Waals surface area contributed by atoms with Crippen LogP contribution in [0.15, 0.2) is 34.3 Å². The molecule has 5 nitrogen and oxygen atoms in total. The first kappa shape index (κ1) is 10.9. The molecule has 0 aliphatic heterocycles. The minimum Gasteiger partial charge on any atom is -0.506 e. The summed E-state index contributed by atoms with van der Waals surface area (Å²) in [4.78, 5) is 9.05. The molecule has 0 atom stereocenters. The molecule has 3 heterocycles. The van der Waals surface area contributed by atoms with Gasteiger partial charge in [-0.3, -0.25) is 4.98 Å². The van der Waals surface area contributed by atoms with E-state index in [4.69, 9.17) is 4.52 Å². The van der Waals surface area contributed by atoms with Crippen molar-refractivity contribution in [1.82, 2.24) is 15.1 Å². The molecule has 90 valence electrons. The molecule has 0 fully saturated rings. The lowest BCUT2D eigenvalue weighted by Gasteiger charge is -1.96.